The number of nitrogens with one attached hydrogen (secondary N) is 1. The number of carbonyl (C=O) groups excluding carboxylic acids is 1. The topological polar surface area (TPSA) is 211 Å². The molecule has 38 heavy (non-hydrogen) atoms. The molecule has 1 aliphatic heterocycles. The Morgan fingerprint density at radius 3 is 2.47 bits per heavy atom. The van der Waals surface area contributed by atoms with Crippen molar-refractivity contribution in [3.05, 3.63) is 76.7 Å². The minimum Gasteiger partial charge on any atom is -0.479 e. The second kappa shape index (κ2) is 9.98. The molecular weight excluding hydrogens is 504 g/mol. The van der Waals surface area contributed by atoms with Gasteiger partial charge in [-0.15, -0.1) is 9.90 Å². The van der Waals surface area contributed by atoms with E-state index < -0.39 is 54.0 Å². The van der Waals surface area contributed by atoms with E-state index in [1.807, 2.05) is 6.07 Å². The molecule has 5 atom stereocenters. The molecule has 0 bridgehead atoms. The van der Waals surface area contributed by atoms with Gasteiger partial charge in [0.15, 0.2) is 11.9 Å². The molecule has 0 saturated carbocycles. The number of aromatic nitrogens is 5. The number of ether oxygens (including phenoxy) is 2. The van der Waals surface area contributed by atoms with Gasteiger partial charge >= 0.3 is 5.97 Å². The summed E-state index contributed by atoms with van der Waals surface area (Å²) in [6.45, 7) is 0. The molecule has 0 radical (unpaired) electrons. The van der Waals surface area contributed by atoms with E-state index in [1.54, 1.807) is 42.5 Å². The summed E-state index contributed by atoms with van der Waals surface area (Å²) in [5, 5.41) is 52.6. The molecule has 1 fully saturated rings. The Morgan fingerprint density at radius 1 is 1.00 bits per heavy atom. The molecule has 15 heteroatoms. The monoisotopic (exact) mass is 524 g/mol. The largest absolute Gasteiger partial charge is 0.479 e. The van der Waals surface area contributed by atoms with Gasteiger partial charge in [-0.25, -0.2) is 4.79 Å². The number of para-hydroxylation sites is 1. The molecule has 0 spiro atoms. The molecule has 3 aromatic heterocycles. The van der Waals surface area contributed by atoms with Crippen molar-refractivity contribution in [2.45, 2.75) is 30.6 Å². The van der Waals surface area contributed by atoms with Gasteiger partial charge in [0.25, 0.3) is 17.4 Å². The Balaban J connectivity index is 1.42. The summed E-state index contributed by atoms with van der Waals surface area (Å²) in [4.78, 5) is 38.0. The molecule has 1 aliphatic rings. The zero-order chi connectivity index (χ0) is 27.0. The number of aliphatic hydroxyl groups excluding tert-OH is 3. The third-order valence-electron chi connectivity index (χ3n) is 5.77. The summed E-state index contributed by atoms with van der Waals surface area (Å²) in [7, 11) is 0. The second-order valence-electron chi connectivity index (χ2n) is 8.24. The van der Waals surface area contributed by atoms with E-state index in [0.29, 0.717) is 16.1 Å². The van der Waals surface area contributed by atoms with E-state index in [1.165, 1.54) is 16.7 Å². The van der Waals surface area contributed by atoms with Crippen LogP contribution in [0.1, 0.15) is 16.6 Å². The first kappa shape index (κ1) is 25.0. The van der Waals surface area contributed by atoms with Crippen LogP contribution in [-0.4, -0.2) is 81.3 Å². The maximum absolute atomic E-state index is 13.1. The van der Waals surface area contributed by atoms with Gasteiger partial charge in [0.1, 0.15) is 29.6 Å². The lowest BCUT2D eigenvalue weighted by atomic mass is 9.98. The summed E-state index contributed by atoms with van der Waals surface area (Å²) >= 11 is 0. The average molecular weight is 524 g/mol. The van der Waals surface area contributed by atoms with Gasteiger partial charge in [0.05, 0.1) is 5.52 Å². The van der Waals surface area contributed by atoms with Crippen molar-refractivity contribution in [3.63, 3.8) is 0 Å². The Kier molecular flexibility index (Phi) is 6.56. The van der Waals surface area contributed by atoms with Crippen LogP contribution in [-0.2, 0) is 9.53 Å². The number of aliphatic hydroxyl groups is 3. The summed E-state index contributed by atoms with van der Waals surface area (Å²) in [6.07, 6.45) is -7.68. The Bertz CT molecular complexity index is 1560. The lowest BCUT2D eigenvalue weighted by Crippen LogP contribution is -2.58. The fourth-order valence-electron chi connectivity index (χ4n) is 3.89. The fourth-order valence-corrected chi connectivity index (χ4v) is 3.89. The predicted octanol–water partition coefficient (Wildman–Crippen LogP) is -0.605. The van der Waals surface area contributed by atoms with E-state index in [9.17, 15) is 34.8 Å². The van der Waals surface area contributed by atoms with Crippen LogP contribution in [0.25, 0.3) is 5.52 Å². The zero-order valence-electron chi connectivity index (χ0n) is 19.2. The number of pyridine rings is 2. The Morgan fingerprint density at radius 2 is 1.74 bits per heavy atom. The number of tetrazole rings is 1. The number of anilines is 1. The number of benzene rings is 1. The molecule has 5 N–H and O–H groups in total. The molecule has 196 valence electrons. The zero-order valence-corrected chi connectivity index (χ0v) is 19.2. The molecule has 15 nitrogen and oxygen atoms in total. The summed E-state index contributed by atoms with van der Waals surface area (Å²) in [5.41, 5.74) is -0.549. The molecule has 1 amide bonds. The maximum Gasteiger partial charge on any atom is 0.335 e. The van der Waals surface area contributed by atoms with E-state index >= 15 is 0 Å². The van der Waals surface area contributed by atoms with Crippen LogP contribution in [0.2, 0.25) is 0 Å². The molecule has 0 unspecified atom stereocenters. The minimum atomic E-state index is -1.91. The van der Waals surface area contributed by atoms with Crippen molar-refractivity contribution in [2.24, 2.45) is 0 Å². The number of nitrogens with zero attached hydrogens (tertiary/aromatic N) is 5. The standard InChI is InChI=1S/C23H20N6O9/c30-15-16(31)18(22(35)36)38-21(17(15)32)29-26-23(25-27-29)24-19(33)12-10-14(37-11-6-2-1-3-7-11)13-8-4-5-9-28(13)20(12)34/h1-10,15-18,21,30-32H,(H,35,36)(H,24,26,33)/t15-,16-,17+,18-,21+/m0/s1. The highest BCUT2D eigenvalue weighted by molar-refractivity contribution is 6.03. The first-order valence-corrected chi connectivity index (χ1v) is 11.1. The predicted molar refractivity (Wildman–Crippen MR) is 126 cm³/mol. The van der Waals surface area contributed by atoms with Crippen molar-refractivity contribution in [3.8, 4) is 11.5 Å². The van der Waals surface area contributed by atoms with Crippen molar-refractivity contribution < 1.29 is 39.5 Å². The average Bonchev–Trinajstić information content (AvgIpc) is 3.37. The lowest BCUT2D eigenvalue weighted by Gasteiger charge is -2.37. The van der Waals surface area contributed by atoms with Crippen molar-refractivity contribution in [1.82, 2.24) is 24.6 Å². The van der Waals surface area contributed by atoms with Crippen LogP contribution in [0.4, 0.5) is 5.95 Å². The summed E-state index contributed by atoms with van der Waals surface area (Å²) in [5.74, 6) is -2.21. The first-order chi connectivity index (χ1) is 18.2. The van der Waals surface area contributed by atoms with Gasteiger partial charge in [-0.2, -0.15) is 0 Å². The van der Waals surface area contributed by atoms with Crippen molar-refractivity contribution in [2.75, 3.05) is 5.32 Å². The van der Waals surface area contributed by atoms with Crippen LogP contribution < -0.4 is 15.6 Å². The summed E-state index contributed by atoms with van der Waals surface area (Å²) < 4.78 is 12.3. The van der Waals surface area contributed by atoms with Crippen LogP contribution in [0, 0.1) is 0 Å². The maximum atomic E-state index is 13.1. The third-order valence-corrected chi connectivity index (χ3v) is 5.77. The number of aliphatic carboxylic acids is 1. The highest BCUT2D eigenvalue weighted by atomic mass is 16.6. The van der Waals surface area contributed by atoms with Gasteiger partial charge in [-0.05, 0) is 29.5 Å². The number of hydrogen-bond acceptors (Lipinski definition) is 11. The fraction of sp³-hybridized carbons (Fsp3) is 0.217. The highest BCUT2D eigenvalue weighted by Crippen LogP contribution is 2.28. The number of fused-ring (bicyclic) bond motifs is 1. The molecule has 4 heterocycles. The van der Waals surface area contributed by atoms with E-state index in [2.05, 4.69) is 20.7 Å². The van der Waals surface area contributed by atoms with E-state index in [4.69, 9.17) is 9.47 Å². The molecule has 1 saturated heterocycles. The molecular formula is C23H20N6O9. The van der Waals surface area contributed by atoms with Crippen molar-refractivity contribution >= 4 is 23.3 Å². The van der Waals surface area contributed by atoms with Gasteiger partial charge in [-0.3, -0.25) is 19.3 Å². The Labute approximate surface area is 212 Å². The number of amides is 1. The first-order valence-electron chi connectivity index (χ1n) is 11.1. The number of carbonyl (C=O) groups is 2. The van der Waals surface area contributed by atoms with Crippen LogP contribution in [0.15, 0.2) is 65.6 Å². The van der Waals surface area contributed by atoms with Crippen LogP contribution >= 0.6 is 0 Å². The molecule has 1 aromatic carbocycles. The third kappa shape index (κ3) is 4.57. The lowest BCUT2D eigenvalue weighted by molar-refractivity contribution is -0.251. The van der Waals surface area contributed by atoms with Crippen LogP contribution in [0.5, 0.6) is 11.5 Å². The number of carboxylic acid groups (broad SMARTS) is 1. The van der Waals surface area contributed by atoms with Gasteiger partial charge in [0.2, 0.25) is 6.23 Å². The highest BCUT2D eigenvalue weighted by Gasteiger charge is 2.48. The summed E-state index contributed by atoms with van der Waals surface area (Å²) in [6, 6.07) is 15.0. The van der Waals surface area contributed by atoms with E-state index in [0.717, 1.165) is 0 Å². The van der Waals surface area contributed by atoms with Gasteiger partial charge in [0, 0.05) is 12.3 Å². The molecule has 0 aliphatic carbocycles. The molecule has 5 rings (SSSR count). The van der Waals surface area contributed by atoms with Crippen molar-refractivity contribution in [1.29, 1.82) is 0 Å². The number of rotatable bonds is 6. The van der Waals surface area contributed by atoms with Gasteiger partial charge < -0.3 is 29.9 Å². The number of carboxylic acids is 1. The van der Waals surface area contributed by atoms with Gasteiger partial charge in [-0.1, -0.05) is 29.4 Å². The smallest absolute Gasteiger partial charge is 0.335 e. The van der Waals surface area contributed by atoms with Crippen LogP contribution in [0.3, 0.4) is 0 Å². The Hall–Kier alpha value is -4.70. The molecule has 4 aromatic rings. The SMILES string of the molecule is O=C(Nc1nnn([C@@H]2O[C@H](C(=O)O)[C@@H](O)[C@H](O)[C@H]2O)n1)c1cc(Oc2ccccc2)c2ccccn2c1=O. The normalized spacial score (nSPS) is 23.2. The quantitative estimate of drug-likeness (QED) is 0.214. The minimum absolute atomic E-state index is 0.226. The second-order valence-corrected chi connectivity index (χ2v) is 8.24. The number of hydrogen-bond donors (Lipinski definition) is 5. The van der Waals surface area contributed by atoms with E-state index in [-0.39, 0.29) is 11.3 Å².